The highest BCUT2D eigenvalue weighted by molar-refractivity contribution is 5.20. The van der Waals surface area contributed by atoms with E-state index >= 15 is 0 Å². The Labute approximate surface area is 104 Å². The number of hydroxylamine groups is 2. The topological polar surface area (TPSA) is 24.5 Å². The van der Waals surface area contributed by atoms with Gasteiger partial charge in [0.05, 0.1) is 13.1 Å². The Kier molecular flexibility index (Phi) is 3.15. The number of piperazine rings is 1. The molecule has 3 nitrogen and oxygen atoms in total. The van der Waals surface area contributed by atoms with Crippen molar-refractivity contribution in [3.05, 3.63) is 30.3 Å². The number of nitrogens with zero attached hydrogens (tertiary/aromatic N) is 1. The highest BCUT2D eigenvalue weighted by Crippen LogP contribution is 2.22. The molecule has 0 bridgehead atoms. The maximum absolute atomic E-state index is 5.92. The van der Waals surface area contributed by atoms with Crippen LogP contribution in [0.25, 0.3) is 0 Å². The molecule has 0 atom stereocenters. The molecule has 0 aliphatic carbocycles. The molecular weight excluding hydrogens is 212 g/mol. The smallest absolute Gasteiger partial charge is 0.147 e. The van der Waals surface area contributed by atoms with Crippen molar-refractivity contribution < 1.29 is 4.84 Å². The molecule has 2 rings (SSSR count). The van der Waals surface area contributed by atoms with Gasteiger partial charge in [-0.3, -0.25) is 0 Å². The normalized spacial score (nSPS) is 23.3. The molecule has 1 fully saturated rings. The zero-order chi connectivity index (χ0) is 12.5. The molecule has 0 amide bonds. The molecular formula is C14H22N2O. The Balaban J connectivity index is 2.06. The van der Waals surface area contributed by atoms with Gasteiger partial charge in [-0.05, 0) is 39.8 Å². The fourth-order valence-corrected chi connectivity index (χ4v) is 2.63. The van der Waals surface area contributed by atoms with Crippen LogP contribution in [-0.4, -0.2) is 29.2 Å². The van der Waals surface area contributed by atoms with Gasteiger partial charge in [0.1, 0.15) is 5.75 Å². The lowest BCUT2D eigenvalue weighted by molar-refractivity contribution is -0.117. The predicted octanol–water partition coefficient (Wildman–Crippen LogP) is 2.44. The lowest BCUT2D eigenvalue weighted by atomic mass is 9.93. The molecule has 0 spiro atoms. The summed E-state index contributed by atoms with van der Waals surface area (Å²) >= 11 is 0. The van der Waals surface area contributed by atoms with E-state index in [0.717, 1.165) is 18.8 Å². The summed E-state index contributed by atoms with van der Waals surface area (Å²) in [5.41, 5.74) is 0.132. The first-order valence-corrected chi connectivity index (χ1v) is 6.14. The molecule has 1 N–H and O–H groups in total. The first-order chi connectivity index (χ1) is 7.86. The van der Waals surface area contributed by atoms with Crippen LogP contribution in [0.3, 0.4) is 0 Å². The van der Waals surface area contributed by atoms with Crippen LogP contribution in [0.5, 0.6) is 5.75 Å². The monoisotopic (exact) mass is 234 g/mol. The van der Waals surface area contributed by atoms with Gasteiger partial charge in [0.25, 0.3) is 0 Å². The minimum absolute atomic E-state index is 0.0660. The summed E-state index contributed by atoms with van der Waals surface area (Å²) in [7, 11) is 0. The molecule has 0 unspecified atom stereocenters. The van der Waals surface area contributed by atoms with Gasteiger partial charge in [-0.15, -0.1) is 5.06 Å². The molecule has 1 saturated heterocycles. The van der Waals surface area contributed by atoms with Crippen LogP contribution in [0.15, 0.2) is 30.3 Å². The van der Waals surface area contributed by atoms with Gasteiger partial charge in [0.15, 0.2) is 0 Å². The lowest BCUT2D eigenvalue weighted by Crippen LogP contribution is -2.67. The van der Waals surface area contributed by atoms with Gasteiger partial charge in [-0.2, -0.15) is 0 Å². The van der Waals surface area contributed by atoms with Gasteiger partial charge in [0.2, 0.25) is 0 Å². The third kappa shape index (κ3) is 3.45. The van der Waals surface area contributed by atoms with E-state index in [1.54, 1.807) is 0 Å². The molecule has 0 aromatic heterocycles. The van der Waals surface area contributed by atoms with Gasteiger partial charge < -0.3 is 10.2 Å². The number of benzene rings is 1. The number of para-hydroxylation sites is 1. The van der Waals surface area contributed by atoms with Crippen molar-refractivity contribution in [2.75, 3.05) is 13.1 Å². The van der Waals surface area contributed by atoms with Crippen LogP contribution in [-0.2, 0) is 0 Å². The Morgan fingerprint density at radius 2 is 1.53 bits per heavy atom. The van der Waals surface area contributed by atoms with Crippen LogP contribution in [0.2, 0.25) is 0 Å². The van der Waals surface area contributed by atoms with E-state index in [4.69, 9.17) is 4.84 Å². The first-order valence-electron chi connectivity index (χ1n) is 6.14. The van der Waals surface area contributed by atoms with E-state index in [1.807, 2.05) is 35.4 Å². The van der Waals surface area contributed by atoms with E-state index in [1.165, 1.54) is 0 Å². The summed E-state index contributed by atoms with van der Waals surface area (Å²) < 4.78 is 0. The van der Waals surface area contributed by atoms with E-state index in [9.17, 15) is 0 Å². The molecule has 94 valence electrons. The summed E-state index contributed by atoms with van der Waals surface area (Å²) in [6, 6.07) is 9.96. The standard InChI is InChI=1S/C14H22N2O/c1-13(2)10-16(11-14(3,4)15-13)17-12-8-6-5-7-9-12/h5-9,15H,10-11H2,1-4H3. The molecule has 0 radical (unpaired) electrons. The first kappa shape index (κ1) is 12.4. The van der Waals surface area contributed by atoms with Gasteiger partial charge >= 0.3 is 0 Å². The van der Waals surface area contributed by atoms with Crippen molar-refractivity contribution in [1.82, 2.24) is 10.4 Å². The summed E-state index contributed by atoms with van der Waals surface area (Å²) in [4.78, 5) is 5.92. The minimum Gasteiger partial charge on any atom is -0.406 e. The summed E-state index contributed by atoms with van der Waals surface area (Å²) in [6.45, 7) is 10.6. The predicted molar refractivity (Wildman–Crippen MR) is 69.9 cm³/mol. The number of nitrogens with one attached hydrogen (secondary N) is 1. The maximum atomic E-state index is 5.92. The summed E-state index contributed by atoms with van der Waals surface area (Å²) in [5.74, 6) is 0.904. The van der Waals surface area contributed by atoms with E-state index < -0.39 is 0 Å². The zero-order valence-electron chi connectivity index (χ0n) is 11.2. The molecule has 1 aromatic rings. The zero-order valence-corrected chi connectivity index (χ0v) is 11.2. The van der Waals surface area contributed by atoms with Crippen LogP contribution in [0.1, 0.15) is 27.7 Å². The maximum Gasteiger partial charge on any atom is 0.147 e. The van der Waals surface area contributed by atoms with Gasteiger partial charge in [0, 0.05) is 11.1 Å². The van der Waals surface area contributed by atoms with E-state index in [2.05, 4.69) is 33.0 Å². The molecule has 1 aliphatic heterocycles. The average molecular weight is 234 g/mol. The molecule has 3 heteroatoms. The van der Waals surface area contributed by atoms with Gasteiger partial charge in [-0.1, -0.05) is 18.2 Å². The highest BCUT2D eigenvalue weighted by atomic mass is 16.7. The molecule has 1 heterocycles. The highest BCUT2D eigenvalue weighted by Gasteiger charge is 2.37. The minimum atomic E-state index is 0.0660. The van der Waals surface area contributed by atoms with Crippen LogP contribution in [0.4, 0.5) is 0 Å². The van der Waals surface area contributed by atoms with E-state index in [0.29, 0.717) is 0 Å². The Morgan fingerprint density at radius 1 is 1.00 bits per heavy atom. The van der Waals surface area contributed by atoms with E-state index in [-0.39, 0.29) is 11.1 Å². The van der Waals surface area contributed by atoms with Crippen molar-refractivity contribution in [2.24, 2.45) is 0 Å². The van der Waals surface area contributed by atoms with Crippen LogP contribution >= 0.6 is 0 Å². The Hall–Kier alpha value is -1.06. The fourth-order valence-electron chi connectivity index (χ4n) is 2.63. The molecule has 1 aromatic carbocycles. The van der Waals surface area contributed by atoms with Crippen molar-refractivity contribution in [3.63, 3.8) is 0 Å². The van der Waals surface area contributed by atoms with Crippen molar-refractivity contribution in [1.29, 1.82) is 0 Å². The summed E-state index contributed by atoms with van der Waals surface area (Å²) in [5, 5.41) is 5.67. The molecule has 17 heavy (non-hydrogen) atoms. The number of hydrogen-bond acceptors (Lipinski definition) is 3. The molecule has 0 saturated carbocycles. The van der Waals surface area contributed by atoms with Gasteiger partial charge in [-0.25, -0.2) is 0 Å². The van der Waals surface area contributed by atoms with Crippen LogP contribution in [0, 0.1) is 0 Å². The lowest BCUT2D eigenvalue weighted by Gasteiger charge is -2.47. The van der Waals surface area contributed by atoms with Crippen molar-refractivity contribution in [3.8, 4) is 5.75 Å². The Morgan fingerprint density at radius 3 is 2.06 bits per heavy atom. The largest absolute Gasteiger partial charge is 0.406 e. The second-order valence-corrected chi connectivity index (χ2v) is 6.10. The second-order valence-electron chi connectivity index (χ2n) is 6.10. The van der Waals surface area contributed by atoms with Crippen molar-refractivity contribution in [2.45, 2.75) is 38.8 Å². The Bertz CT molecular complexity index is 357. The third-order valence-corrected chi connectivity index (χ3v) is 2.80. The number of hydrogen-bond donors (Lipinski definition) is 1. The third-order valence-electron chi connectivity index (χ3n) is 2.80. The average Bonchev–Trinajstić information content (AvgIpc) is 2.13. The molecule has 1 aliphatic rings. The van der Waals surface area contributed by atoms with Crippen LogP contribution < -0.4 is 10.2 Å². The van der Waals surface area contributed by atoms with Crippen molar-refractivity contribution >= 4 is 0 Å². The quantitative estimate of drug-likeness (QED) is 0.850. The summed E-state index contributed by atoms with van der Waals surface area (Å²) in [6.07, 6.45) is 0. The SMILES string of the molecule is CC1(C)CN(Oc2ccccc2)CC(C)(C)N1. The second kappa shape index (κ2) is 4.31. The fraction of sp³-hybridized carbons (Fsp3) is 0.571. The number of rotatable bonds is 2.